The summed E-state index contributed by atoms with van der Waals surface area (Å²) in [5, 5.41) is 11.6. The van der Waals surface area contributed by atoms with Gasteiger partial charge in [0.2, 0.25) is 0 Å². The monoisotopic (exact) mass is 416 g/mol. The lowest BCUT2D eigenvalue weighted by Crippen LogP contribution is -2.16. The van der Waals surface area contributed by atoms with Crippen LogP contribution in [0.4, 0.5) is 5.69 Å². The highest BCUT2D eigenvalue weighted by molar-refractivity contribution is 5.75. The molecule has 1 aliphatic heterocycles. The van der Waals surface area contributed by atoms with Gasteiger partial charge in [0.05, 0.1) is 17.9 Å². The van der Waals surface area contributed by atoms with Crippen LogP contribution in [0.15, 0.2) is 60.6 Å². The fourth-order valence-electron chi connectivity index (χ4n) is 4.20. The Hall–Kier alpha value is -3.25. The number of aromatic nitrogens is 2. The number of nitrogens with one attached hydrogen (secondary N) is 2. The molecule has 6 nitrogen and oxygen atoms in total. The summed E-state index contributed by atoms with van der Waals surface area (Å²) in [4.78, 5) is 2.18. The van der Waals surface area contributed by atoms with Crippen molar-refractivity contribution in [3.8, 4) is 11.1 Å². The van der Waals surface area contributed by atoms with Crippen molar-refractivity contribution in [1.82, 2.24) is 20.0 Å². The van der Waals surface area contributed by atoms with E-state index in [1.54, 1.807) is 0 Å². The van der Waals surface area contributed by atoms with E-state index >= 15 is 0 Å². The maximum atomic E-state index is 6.24. The molecule has 1 atom stereocenters. The number of fused-ring (bicyclic) bond motifs is 1. The Morgan fingerprint density at radius 1 is 1.19 bits per heavy atom. The lowest BCUT2D eigenvalue weighted by atomic mass is 9.93. The van der Waals surface area contributed by atoms with Gasteiger partial charge < -0.3 is 21.3 Å². The first-order valence-electron chi connectivity index (χ1n) is 10.7. The second kappa shape index (κ2) is 8.86. The summed E-state index contributed by atoms with van der Waals surface area (Å²) in [6.07, 6.45) is 4.92. The van der Waals surface area contributed by atoms with E-state index in [9.17, 15) is 0 Å². The molecule has 0 fully saturated rings. The molecular formula is C25H32N6. The van der Waals surface area contributed by atoms with Crippen molar-refractivity contribution >= 4 is 11.4 Å². The number of aryl methyl sites for hydroxylation is 1. The molecular weight excluding hydrogens is 384 g/mol. The topological polar surface area (TPSA) is 71.1 Å². The summed E-state index contributed by atoms with van der Waals surface area (Å²) in [5.74, 6) is 0. The Balaban J connectivity index is 1.70. The number of benzene rings is 2. The molecule has 0 amide bonds. The third kappa shape index (κ3) is 4.75. The van der Waals surface area contributed by atoms with Gasteiger partial charge in [-0.2, -0.15) is 5.10 Å². The molecule has 0 aliphatic carbocycles. The Labute approximate surface area is 184 Å². The standard InChI is InChI=1S/C25H32N6/c1-17(26)25-22-10-7-19(20-14-28-31(4)16-20)13-23(22)24(11-12-27-25)29-21-8-5-18(6-9-21)15-30(2)3/h5-10,13-14,16,24,27,29H,11-12,15,26H2,1-4H3/b25-17-. The minimum absolute atomic E-state index is 0.177. The number of hydrogen-bond donors (Lipinski definition) is 3. The van der Waals surface area contributed by atoms with Gasteiger partial charge in [0, 0.05) is 48.8 Å². The predicted molar refractivity (Wildman–Crippen MR) is 128 cm³/mol. The molecule has 162 valence electrons. The van der Waals surface area contributed by atoms with E-state index in [4.69, 9.17) is 5.73 Å². The SMILES string of the molecule is C/C(N)=C1/NCCC(Nc2ccc(CN(C)C)cc2)c2cc(-c3cnn(C)c3)ccc21. The average Bonchev–Trinajstić information content (AvgIpc) is 3.08. The molecule has 1 aromatic heterocycles. The minimum Gasteiger partial charge on any atom is -0.401 e. The third-order valence-electron chi connectivity index (χ3n) is 5.66. The maximum Gasteiger partial charge on any atom is 0.0605 e. The molecule has 31 heavy (non-hydrogen) atoms. The van der Waals surface area contributed by atoms with Gasteiger partial charge in [0.1, 0.15) is 0 Å². The molecule has 0 spiro atoms. The molecule has 0 saturated carbocycles. The Morgan fingerprint density at radius 3 is 2.61 bits per heavy atom. The van der Waals surface area contributed by atoms with Gasteiger partial charge in [-0.15, -0.1) is 0 Å². The maximum absolute atomic E-state index is 6.24. The quantitative estimate of drug-likeness (QED) is 0.588. The van der Waals surface area contributed by atoms with Crippen molar-refractivity contribution in [1.29, 1.82) is 0 Å². The van der Waals surface area contributed by atoms with E-state index in [0.29, 0.717) is 0 Å². The first-order valence-corrected chi connectivity index (χ1v) is 10.7. The van der Waals surface area contributed by atoms with Crippen LogP contribution in [-0.4, -0.2) is 35.3 Å². The molecule has 0 bridgehead atoms. The fraction of sp³-hybridized carbons (Fsp3) is 0.320. The number of nitrogens with zero attached hydrogens (tertiary/aromatic N) is 3. The van der Waals surface area contributed by atoms with E-state index in [0.717, 1.165) is 53.3 Å². The first kappa shape index (κ1) is 21.0. The van der Waals surface area contributed by atoms with Crippen LogP contribution in [0.5, 0.6) is 0 Å². The molecule has 2 aromatic carbocycles. The highest BCUT2D eigenvalue weighted by Gasteiger charge is 2.23. The van der Waals surface area contributed by atoms with Gasteiger partial charge in [-0.05, 0) is 62.3 Å². The van der Waals surface area contributed by atoms with Crippen LogP contribution in [0.25, 0.3) is 16.8 Å². The Morgan fingerprint density at radius 2 is 1.97 bits per heavy atom. The van der Waals surface area contributed by atoms with Crippen molar-refractivity contribution in [2.24, 2.45) is 12.8 Å². The molecule has 0 saturated heterocycles. The molecule has 1 unspecified atom stereocenters. The summed E-state index contributed by atoms with van der Waals surface area (Å²) >= 11 is 0. The molecule has 6 heteroatoms. The fourth-order valence-corrected chi connectivity index (χ4v) is 4.20. The van der Waals surface area contributed by atoms with Gasteiger partial charge in [0.25, 0.3) is 0 Å². The number of rotatable bonds is 5. The van der Waals surface area contributed by atoms with Crippen molar-refractivity contribution in [3.63, 3.8) is 0 Å². The van der Waals surface area contributed by atoms with E-state index in [-0.39, 0.29) is 6.04 Å². The van der Waals surface area contributed by atoms with Crippen molar-refractivity contribution < 1.29 is 0 Å². The molecule has 4 rings (SSSR count). The van der Waals surface area contributed by atoms with Crippen LogP contribution in [-0.2, 0) is 13.6 Å². The number of hydrogen-bond acceptors (Lipinski definition) is 5. The van der Waals surface area contributed by atoms with Gasteiger partial charge in [-0.3, -0.25) is 4.68 Å². The summed E-state index contributed by atoms with van der Waals surface area (Å²) < 4.78 is 1.84. The second-order valence-electron chi connectivity index (χ2n) is 8.61. The minimum atomic E-state index is 0.177. The predicted octanol–water partition coefficient (Wildman–Crippen LogP) is 3.94. The van der Waals surface area contributed by atoms with Crippen LogP contribution in [0.2, 0.25) is 0 Å². The molecule has 0 radical (unpaired) electrons. The number of anilines is 1. The van der Waals surface area contributed by atoms with Gasteiger partial charge in [-0.25, -0.2) is 0 Å². The molecule has 3 aromatic rings. The smallest absolute Gasteiger partial charge is 0.0605 e. The normalized spacial score (nSPS) is 17.6. The Bertz CT molecular complexity index is 1070. The van der Waals surface area contributed by atoms with Gasteiger partial charge in [0.15, 0.2) is 0 Å². The van der Waals surface area contributed by atoms with E-state index < -0.39 is 0 Å². The van der Waals surface area contributed by atoms with E-state index in [1.807, 2.05) is 31.0 Å². The van der Waals surface area contributed by atoms with Crippen LogP contribution < -0.4 is 16.4 Å². The molecule has 1 aliphatic rings. The van der Waals surface area contributed by atoms with Crippen molar-refractivity contribution in [3.05, 3.63) is 77.2 Å². The van der Waals surface area contributed by atoms with Crippen molar-refractivity contribution in [2.75, 3.05) is 26.0 Å². The Kier molecular flexibility index (Phi) is 6.00. The van der Waals surface area contributed by atoms with Crippen LogP contribution in [0.1, 0.15) is 36.1 Å². The zero-order chi connectivity index (χ0) is 22.0. The van der Waals surface area contributed by atoms with Gasteiger partial charge >= 0.3 is 0 Å². The first-order chi connectivity index (χ1) is 14.9. The average molecular weight is 417 g/mol. The molecule has 4 N–H and O–H groups in total. The lowest BCUT2D eigenvalue weighted by Gasteiger charge is -2.22. The number of allylic oxidation sites excluding steroid dienone is 1. The largest absolute Gasteiger partial charge is 0.401 e. The van der Waals surface area contributed by atoms with Crippen molar-refractivity contribution in [2.45, 2.75) is 25.9 Å². The lowest BCUT2D eigenvalue weighted by molar-refractivity contribution is 0.402. The highest BCUT2D eigenvalue weighted by Crippen LogP contribution is 2.35. The van der Waals surface area contributed by atoms with Crippen LogP contribution in [0.3, 0.4) is 0 Å². The highest BCUT2D eigenvalue weighted by atomic mass is 15.2. The second-order valence-corrected chi connectivity index (χ2v) is 8.61. The van der Waals surface area contributed by atoms with Crippen LogP contribution >= 0.6 is 0 Å². The van der Waals surface area contributed by atoms with Gasteiger partial charge in [-0.1, -0.05) is 24.3 Å². The third-order valence-corrected chi connectivity index (χ3v) is 5.66. The summed E-state index contributed by atoms with van der Waals surface area (Å²) in [7, 11) is 6.12. The number of nitrogens with two attached hydrogens (primary N) is 1. The van der Waals surface area contributed by atoms with E-state index in [1.165, 1.54) is 11.1 Å². The zero-order valence-electron chi connectivity index (χ0n) is 18.8. The molecule has 2 heterocycles. The van der Waals surface area contributed by atoms with Crippen LogP contribution in [0, 0.1) is 0 Å². The summed E-state index contributed by atoms with van der Waals surface area (Å²) in [5.41, 5.74) is 15.2. The zero-order valence-corrected chi connectivity index (χ0v) is 18.8. The summed E-state index contributed by atoms with van der Waals surface area (Å²) in [6, 6.07) is 15.5. The summed E-state index contributed by atoms with van der Waals surface area (Å²) in [6.45, 7) is 3.75. The van der Waals surface area contributed by atoms with E-state index in [2.05, 4.69) is 77.2 Å².